The van der Waals surface area contributed by atoms with Gasteiger partial charge in [0.2, 0.25) is 0 Å². The zero-order valence-electron chi connectivity index (χ0n) is 11.6. The van der Waals surface area contributed by atoms with Gasteiger partial charge >= 0.3 is 6.18 Å². The number of hydrogen-bond donors (Lipinski definition) is 1. The Balaban J connectivity index is 2.24. The van der Waals surface area contributed by atoms with Crippen molar-refractivity contribution in [2.24, 2.45) is 7.05 Å². The standard InChI is InChI=1S/C14H15ClF3N3/c1-3-10-13(15)12(21(2)20-10)8-19-11-7-5-4-6-9(11)14(16,17)18/h4-7,19H,3,8H2,1-2H3. The highest BCUT2D eigenvalue weighted by molar-refractivity contribution is 6.31. The monoisotopic (exact) mass is 317 g/mol. The lowest BCUT2D eigenvalue weighted by Gasteiger charge is -2.14. The molecule has 0 aliphatic rings. The molecule has 2 aromatic rings. The van der Waals surface area contributed by atoms with Gasteiger partial charge in [0.25, 0.3) is 0 Å². The van der Waals surface area contributed by atoms with Crippen LogP contribution in [0.25, 0.3) is 0 Å². The van der Waals surface area contributed by atoms with E-state index in [1.807, 2.05) is 6.92 Å². The van der Waals surface area contributed by atoms with Crippen LogP contribution in [0.5, 0.6) is 0 Å². The van der Waals surface area contributed by atoms with Crippen molar-refractivity contribution in [3.63, 3.8) is 0 Å². The summed E-state index contributed by atoms with van der Waals surface area (Å²) < 4.78 is 40.3. The summed E-state index contributed by atoms with van der Waals surface area (Å²) in [6, 6.07) is 5.36. The van der Waals surface area contributed by atoms with Gasteiger partial charge in [-0.05, 0) is 18.6 Å². The van der Waals surface area contributed by atoms with Crippen molar-refractivity contribution in [2.45, 2.75) is 26.1 Å². The molecule has 0 amide bonds. The van der Waals surface area contributed by atoms with Crippen LogP contribution in [0.4, 0.5) is 18.9 Å². The van der Waals surface area contributed by atoms with Gasteiger partial charge in [0.15, 0.2) is 0 Å². The minimum atomic E-state index is -4.39. The first-order valence-corrected chi connectivity index (χ1v) is 6.82. The van der Waals surface area contributed by atoms with Gasteiger partial charge in [-0.2, -0.15) is 18.3 Å². The normalized spacial score (nSPS) is 11.7. The quantitative estimate of drug-likeness (QED) is 0.912. The summed E-state index contributed by atoms with van der Waals surface area (Å²) in [5.41, 5.74) is 0.727. The van der Waals surface area contributed by atoms with E-state index in [9.17, 15) is 13.2 Å². The summed E-state index contributed by atoms with van der Waals surface area (Å²) in [6.45, 7) is 2.10. The van der Waals surface area contributed by atoms with Gasteiger partial charge in [-0.15, -0.1) is 0 Å². The van der Waals surface area contributed by atoms with Crippen molar-refractivity contribution in [1.82, 2.24) is 9.78 Å². The first-order chi connectivity index (χ1) is 9.84. The third-order valence-corrected chi connectivity index (χ3v) is 3.62. The lowest BCUT2D eigenvalue weighted by molar-refractivity contribution is -0.136. The highest BCUT2D eigenvalue weighted by atomic mass is 35.5. The van der Waals surface area contributed by atoms with E-state index in [-0.39, 0.29) is 12.2 Å². The second-order valence-electron chi connectivity index (χ2n) is 4.58. The molecule has 1 heterocycles. The topological polar surface area (TPSA) is 29.9 Å². The Morgan fingerprint density at radius 2 is 1.95 bits per heavy atom. The molecule has 0 fully saturated rings. The maximum atomic E-state index is 12.9. The molecule has 2 rings (SSSR count). The predicted molar refractivity (Wildman–Crippen MR) is 76.4 cm³/mol. The molecule has 7 heteroatoms. The minimum Gasteiger partial charge on any atom is -0.379 e. The Bertz CT molecular complexity index is 635. The minimum absolute atomic E-state index is 0.0281. The molecule has 0 aliphatic heterocycles. The van der Waals surface area contributed by atoms with Crippen LogP contribution in [-0.4, -0.2) is 9.78 Å². The van der Waals surface area contributed by atoms with Gasteiger partial charge in [0.1, 0.15) is 0 Å². The van der Waals surface area contributed by atoms with Crippen LogP contribution in [0.15, 0.2) is 24.3 Å². The SMILES string of the molecule is CCc1nn(C)c(CNc2ccccc2C(F)(F)F)c1Cl. The molecule has 3 nitrogen and oxygen atoms in total. The van der Waals surface area contributed by atoms with Crippen LogP contribution in [0.2, 0.25) is 5.02 Å². The van der Waals surface area contributed by atoms with Crippen LogP contribution in [0, 0.1) is 0 Å². The zero-order chi connectivity index (χ0) is 15.6. The Morgan fingerprint density at radius 3 is 2.52 bits per heavy atom. The van der Waals surface area contributed by atoms with Crippen molar-refractivity contribution in [1.29, 1.82) is 0 Å². The lowest BCUT2D eigenvalue weighted by Crippen LogP contribution is -2.12. The van der Waals surface area contributed by atoms with Crippen molar-refractivity contribution in [2.75, 3.05) is 5.32 Å². The third kappa shape index (κ3) is 3.32. The molecule has 0 radical (unpaired) electrons. The molecule has 0 atom stereocenters. The van der Waals surface area contributed by atoms with Crippen LogP contribution in [0.3, 0.4) is 0 Å². The smallest absolute Gasteiger partial charge is 0.379 e. The van der Waals surface area contributed by atoms with Gasteiger partial charge in [0, 0.05) is 12.7 Å². The van der Waals surface area contributed by atoms with Crippen LogP contribution in [0.1, 0.15) is 23.9 Å². The molecular formula is C14H15ClF3N3. The van der Waals surface area contributed by atoms with Crippen LogP contribution >= 0.6 is 11.6 Å². The Hall–Kier alpha value is -1.69. The fourth-order valence-corrected chi connectivity index (χ4v) is 2.44. The van der Waals surface area contributed by atoms with E-state index in [4.69, 9.17) is 11.6 Å². The van der Waals surface area contributed by atoms with E-state index in [1.165, 1.54) is 12.1 Å². The molecule has 0 bridgehead atoms. The largest absolute Gasteiger partial charge is 0.418 e. The molecule has 0 saturated heterocycles. The van der Waals surface area contributed by atoms with Crippen molar-refractivity contribution in [3.8, 4) is 0 Å². The number of para-hydroxylation sites is 1. The van der Waals surface area contributed by atoms with Crippen molar-refractivity contribution >= 4 is 17.3 Å². The van der Waals surface area contributed by atoms with Crippen LogP contribution < -0.4 is 5.32 Å². The van der Waals surface area contributed by atoms with Gasteiger partial charge in [-0.3, -0.25) is 4.68 Å². The van der Waals surface area contributed by atoms with E-state index in [1.54, 1.807) is 17.8 Å². The Kier molecular flexibility index (Phi) is 4.46. The van der Waals surface area contributed by atoms with E-state index in [0.717, 1.165) is 11.8 Å². The maximum Gasteiger partial charge on any atom is 0.418 e. The molecule has 0 spiro atoms. The second-order valence-corrected chi connectivity index (χ2v) is 4.96. The first-order valence-electron chi connectivity index (χ1n) is 6.45. The second kappa shape index (κ2) is 5.97. The number of anilines is 1. The number of nitrogens with one attached hydrogen (secondary N) is 1. The summed E-state index contributed by atoms with van der Waals surface area (Å²) >= 11 is 6.18. The fraction of sp³-hybridized carbons (Fsp3) is 0.357. The van der Waals surface area contributed by atoms with Gasteiger partial charge in [-0.25, -0.2) is 0 Å². The summed E-state index contributed by atoms with van der Waals surface area (Å²) in [7, 11) is 1.72. The van der Waals surface area contributed by atoms with Gasteiger partial charge in [0.05, 0.1) is 28.5 Å². The first kappa shape index (κ1) is 15.7. The molecule has 1 aromatic carbocycles. The number of aryl methyl sites for hydroxylation is 2. The van der Waals surface area contributed by atoms with Crippen molar-refractivity contribution < 1.29 is 13.2 Å². The predicted octanol–water partition coefficient (Wildman–Crippen LogP) is 4.27. The summed E-state index contributed by atoms with van der Waals surface area (Å²) in [5, 5.41) is 7.52. The Labute approximate surface area is 125 Å². The highest BCUT2D eigenvalue weighted by Gasteiger charge is 2.33. The van der Waals surface area contributed by atoms with E-state index >= 15 is 0 Å². The molecule has 0 unspecified atom stereocenters. The molecule has 1 N–H and O–H groups in total. The fourth-order valence-electron chi connectivity index (χ4n) is 2.08. The molecule has 1 aromatic heterocycles. The van der Waals surface area contributed by atoms with Crippen LogP contribution in [-0.2, 0) is 26.2 Å². The number of hydrogen-bond acceptors (Lipinski definition) is 2. The van der Waals surface area contributed by atoms with Crippen molar-refractivity contribution in [3.05, 3.63) is 46.2 Å². The Morgan fingerprint density at radius 1 is 1.29 bits per heavy atom. The van der Waals surface area contributed by atoms with Gasteiger partial charge in [-0.1, -0.05) is 30.7 Å². The maximum absolute atomic E-state index is 12.9. The lowest BCUT2D eigenvalue weighted by atomic mass is 10.1. The number of aromatic nitrogens is 2. The average molecular weight is 318 g/mol. The highest BCUT2D eigenvalue weighted by Crippen LogP contribution is 2.35. The number of benzene rings is 1. The summed E-state index contributed by atoms with van der Waals surface area (Å²) in [5.74, 6) is 0. The van der Waals surface area contributed by atoms with E-state index < -0.39 is 11.7 Å². The number of rotatable bonds is 4. The number of nitrogens with zero attached hydrogens (tertiary/aromatic N) is 2. The van der Waals surface area contributed by atoms with E-state index in [0.29, 0.717) is 17.1 Å². The molecule has 0 aliphatic carbocycles. The molecular weight excluding hydrogens is 303 g/mol. The average Bonchev–Trinajstić information content (AvgIpc) is 2.70. The van der Waals surface area contributed by atoms with Gasteiger partial charge < -0.3 is 5.32 Å². The van der Waals surface area contributed by atoms with E-state index in [2.05, 4.69) is 10.4 Å². The summed E-state index contributed by atoms with van der Waals surface area (Å²) in [6.07, 6.45) is -3.72. The molecule has 0 saturated carbocycles. The number of alkyl halides is 3. The zero-order valence-corrected chi connectivity index (χ0v) is 12.4. The number of halogens is 4. The molecule has 21 heavy (non-hydrogen) atoms. The molecule has 114 valence electrons. The third-order valence-electron chi connectivity index (χ3n) is 3.18. The summed E-state index contributed by atoms with van der Waals surface area (Å²) in [4.78, 5) is 0.